The molecule has 0 saturated heterocycles. The third-order valence-corrected chi connectivity index (χ3v) is 16.3. The maximum absolute atomic E-state index is 2.50. The lowest BCUT2D eigenvalue weighted by Gasteiger charge is -2.24. The van der Waals surface area contributed by atoms with Gasteiger partial charge >= 0.3 is 0 Å². The van der Waals surface area contributed by atoms with Gasteiger partial charge in [-0.05, 0) is 190 Å². The Hall–Kier alpha value is -7.28. The number of fused-ring (bicyclic) bond motifs is 3. The van der Waals surface area contributed by atoms with Crippen LogP contribution in [0.2, 0.25) is 0 Å². The quantitative estimate of drug-likeness (QED) is 0.155. The molecule has 0 nitrogen and oxygen atoms in total. The predicted octanol–water partition coefficient (Wildman–Crippen LogP) is 19.7. The lowest BCUT2D eigenvalue weighted by Crippen LogP contribution is -2.15. The molecule has 12 aromatic rings. The van der Waals surface area contributed by atoms with Crippen LogP contribution in [0, 0.1) is 13.8 Å². The molecule has 0 radical (unpaired) electrons. The van der Waals surface area contributed by atoms with Gasteiger partial charge in [-0.2, -0.15) is 0 Å². The van der Waals surface area contributed by atoms with Gasteiger partial charge in [0.1, 0.15) is 0 Å². The van der Waals surface area contributed by atoms with E-state index >= 15 is 0 Å². The van der Waals surface area contributed by atoms with E-state index in [1.807, 2.05) is 0 Å². The Morgan fingerprint density at radius 2 is 0.652 bits per heavy atom. The van der Waals surface area contributed by atoms with E-state index in [9.17, 15) is 0 Å². The van der Waals surface area contributed by atoms with Gasteiger partial charge in [0.05, 0.1) is 0 Å². The van der Waals surface area contributed by atoms with Crippen molar-refractivity contribution < 1.29 is 0 Å². The molecule has 1 aliphatic rings. The van der Waals surface area contributed by atoms with E-state index in [2.05, 4.69) is 239 Å². The molecule has 0 bridgehead atoms. The molecule has 0 saturated carbocycles. The standard InChI is InChI=1S/C69H58/c1-39-31-59(57-29-23-45-35-47(67(3,4)5)33-43-21-25-49(39)65(57)63(43)45)53-17-13-11-15-51(53)41-19-27-55-56-28-20-42(38-62(56)69(9,10)61(55)37-41)52-16-12-14-18-54(52)60-32-40(2)50-26-22-44-34-48(68(6,7)8)36-46-24-30-58(60)66(50)64(44)46/h11-38H,1-10H3. The van der Waals surface area contributed by atoms with Gasteiger partial charge in [0, 0.05) is 5.41 Å². The molecule has 0 heteroatoms. The van der Waals surface area contributed by atoms with Gasteiger partial charge in [-0.3, -0.25) is 0 Å². The second-order valence-electron chi connectivity index (χ2n) is 23.0. The summed E-state index contributed by atoms with van der Waals surface area (Å²) in [5, 5.41) is 16.1. The minimum atomic E-state index is -0.203. The lowest BCUT2D eigenvalue weighted by molar-refractivity contribution is 0.591. The Morgan fingerprint density at radius 1 is 0.304 bits per heavy atom. The van der Waals surface area contributed by atoms with Crippen LogP contribution >= 0.6 is 0 Å². The van der Waals surface area contributed by atoms with Gasteiger partial charge in [0.2, 0.25) is 0 Å². The largest absolute Gasteiger partial charge is 0.0616 e. The molecule has 0 aliphatic heterocycles. The smallest absolute Gasteiger partial charge is 0.0159 e. The molecule has 0 N–H and O–H groups in total. The molecule has 0 spiro atoms. The highest BCUT2D eigenvalue weighted by Crippen LogP contribution is 2.53. The van der Waals surface area contributed by atoms with E-state index in [-0.39, 0.29) is 16.2 Å². The van der Waals surface area contributed by atoms with Crippen LogP contribution in [0.5, 0.6) is 0 Å². The minimum absolute atomic E-state index is 0.0774. The average molecular weight is 887 g/mol. The number of benzene rings is 12. The summed E-state index contributed by atoms with van der Waals surface area (Å²) in [7, 11) is 0. The maximum Gasteiger partial charge on any atom is 0.0159 e. The number of rotatable bonds is 4. The first-order chi connectivity index (χ1) is 33.0. The van der Waals surface area contributed by atoms with Gasteiger partial charge in [-0.15, -0.1) is 0 Å². The fourth-order valence-electron chi connectivity index (χ4n) is 12.5. The van der Waals surface area contributed by atoms with E-state index in [1.54, 1.807) is 0 Å². The number of aryl methyl sites for hydroxylation is 2. The number of hydrogen-bond donors (Lipinski definition) is 0. The van der Waals surface area contributed by atoms with Crippen molar-refractivity contribution in [3.63, 3.8) is 0 Å². The molecule has 334 valence electrons. The maximum atomic E-state index is 2.50. The number of hydrogen-bond acceptors (Lipinski definition) is 0. The van der Waals surface area contributed by atoms with E-state index in [1.165, 1.54) is 154 Å². The zero-order chi connectivity index (χ0) is 47.5. The molecule has 0 unspecified atom stereocenters. The van der Waals surface area contributed by atoms with Crippen LogP contribution in [0.25, 0.3) is 120 Å². The highest BCUT2D eigenvalue weighted by atomic mass is 14.4. The Morgan fingerprint density at radius 3 is 1.01 bits per heavy atom. The summed E-state index contributed by atoms with van der Waals surface area (Å²) in [6, 6.07) is 66.0. The Bertz CT molecular complexity index is 3810. The van der Waals surface area contributed by atoms with Gasteiger partial charge < -0.3 is 0 Å². The van der Waals surface area contributed by atoms with E-state index in [0.29, 0.717) is 0 Å². The first kappa shape index (κ1) is 41.9. The van der Waals surface area contributed by atoms with E-state index < -0.39 is 0 Å². The van der Waals surface area contributed by atoms with Gasteiger partial charge in [0.15, 0.2) is 0 Å². The van der Waals surface area contributed by atoms with Crippen molar-refractivity contribution in [2.45, 2.75) is 85.5 Å². The van der Waals surface area contributed by atoms with Crippen molar-refractivity contribution in [3.8, 4) is 55.6 Å². The van der Waals surface area contributed by atoms with E-state index in [4.69, 9.17) is 0 Å². The summed E-state index contributed by atoms with van der Waals surface area (Å²) in [6.45, 7) is 23.3. The third-order valence-electron chi connectivity index (χ3n) is 16.3. The monoisotopic (exact) mass is 886 g/mol. The molecule has 12 aromatic carbocycles. The molecule has 1 aliphatic carbocycles. The zero-order valence-electron chi connectivity index (χ0n) is 41.7. The highest BCUT2D eigenvalue weighted by molar-refractivity contribution is 6.28. The van der Waals surface area contributed by atoms with Crippen molar-refractivity contribution in [1.82, 2.24) is 0 Å². The van der Waals surface area contributed by atoms with Gasteiger partial charge in [-0.25, -0.2) is 0 Å². The second-order valence-corrected chi connectivity index (χ2v) is 23.0. The normalized spacial score (nSPS) is 13.8. The highest BCUT2D eigenvalue weighted by Gasteiger charge is 2.36. The third kappa shape index (κ3) is 6.14. The second kappa shape index (κ2) is 14.4. The van der Waals surface area contributed by atoms with Crippen LogP contribution in [0.3, 0.4) is 0 Å². The van der Waals surface area contributed by atoms with E-state index in [0.717, 1.165) is 0 Å². The zero-order valence-corrected chi connectivity index (χ0v) is 41.7. The van der Waals surface area contributed by atoms with Crippen molar-refractivity contribution in [3.05, 3.63) is 203 Å². The Balaban J connectivity index is 0.911. The first-order valence-electron chi connectivity index (χ1n) is 25.0. The summed E-state index contributed by atoms with van der Waals surface area (Å²) < 4.78 is 0. The van der Waals surface area contributed by atoms with Crippen LogP contribution in [-0.4, -0.2) is 0 Å². The fraction of sp³-hybridized carbons (Fsp3) is 0.188. The SMILES string of the molecule is Cc1cc(-c2ccccc2-c2ccc3c(c2)C(C)(C)c2cc(-c4ccccc4-c4cc(C)c5ccc6cc(C(C)(C)C)cc7ccc4c5c67)ccc2-3)c2ccc3cc(C(C)(C)C)cc4ccc1c2c43. The molecule has 0 amide bonds. The van der Waals surface area contributed by atoms with Crippen LogP contribution in [0.15, 0.2) is 170 Å². The molecule has 13 rings (SSSR count). The van der Waals surface area contributed by atoms with Gasteiger partial charge in [-0.1, -0.05) is 213 Å². The molecular weight excluding hydrogens is 829 g/mol. The predicted molar refractivity (Wildman–Crippen MR) is 300 cm³/mol. The van der Waals surface area contributed by atoms with Crippen molar-refractivity contribution >= 4 is 64.6 Å². The topological polar surface area (TPSA) is 0 Å². The van der Waals surface area contributed by atoms with Crippen molar-refractivity contribution in [1.29, 1.82) is 0 Å². The molecule has 0 atom stereocenters. The van der Waals surface area contributed by atoms with Gasteiger partial charge in [0.25, 0.3) is 0 Å². The van der Waals surface area contributed by atoms with Crippen molar-refractivity contribution in [2.24, 2.45) is 0 Å². The summed E-state index contributed by atoms with van der Waals surface area (Å²) in [4.78, 5) is 0. The molecule has 0 heterocycles. The Kier molecular flexibility index (Phi) is 8.73. The molecule has 0 fully saturated rings. The van der Waals surface area contributed by atoms with Crippen LogP contribution in [-0.2, 0) is 16.2 Å². The van der Waals surface area contributed by atoms with Crippen LogP contribution in [0.4, 0.5) is 0 Å². The average Bonchev–Trinajstić information content (AvgIpc) is 3.56. The summed E-state index contributed by atoms with van der Waals surface area (Å²) in [5.74, 6) is 0. The van der Waals surface area contributed by atoms with Crippen LogP contribution < -0.4 is 0 Å². The summed E-state index contributed by atoms with van der Waals surface area (Å²) >= 11 is 0. The fourth-order valence-corrected chi connectivity index (χ4v) is 12.5. The summed E-state index contributed by atoms with van der Waals surface area (Å²) in [5.41, 5.74) is 21.0. The van der Waals surface area contributed by atoms with Crippen molar-refractivity contribution in [2.75, 3.05) is 0 Å². The molecule has 69 heavy (non-hydrogen) atoms. The molecular formula is C69H58. The lowest BCUT2D eigenvalue weighted by atomic mass is 9.79. The minimum Gasteiger partial charge on any atom is -0.0616 e. The summed E-state index contributed by atoms with van der Waals surface area (Å²) in [6.07, 6.45) is 0. The van der Waals surface area contributed by atoms with Crippen LogP contribution in [0.1, 0.15) is 88.8 Å². The Labute approximate surface area is 407 Å². The first-order valence-corrected chi connectivity index (χ1v) is 25.0. The molecule has 0 aromatic heterocycles.